The monoisotopic (exact) mass is 224 g/mol. The Morgan fingerprint density at radius 1 is 1.31 bits per heavy atom. The fourth-order valence-electron chi connectivity index (χ4n) is 2.00. The molecule has 16 heavy (non-hydrogen) atoms. The highest BCUT2D eigenvalue weighted by atomic mass is 16.2. The SMILES string of the molecule is Cn1c(N)c(CN2CCCC2)c(=O)[nH]c1=O. The zero-order valence-corrected chi connectivity index (χ0v) is 9.32. The molecule has 3 N–H and O–H groups in total. The third-order valence-electron chi connectivity index (χ3n) is 3.05. The Morgan fingerprint density at radius 2 is 1.94 bits per heavy atom. The van der Waals surface area contributed by atoms with Crippen molar-refractivity contribution in [1.29, 1.82) is 0 Å². The van der Waals surface area contributed by atoms with Crippen LogP contribution in [0.15, 0.2) is 9.59 Å². The molecule has 0 unspecified atom stereocenters. The molecule has 0 amide bonds. The quantitative estimate of drug-likeness (QED) is 0.692. The van der Waals surface area contributed by atoms with Crippen LogP contribution in [0.1, 0.15) is 18.4 Å². The van der Waals surface area contributed by atoms with Crippen LogP contribution in [0.3, 0.4) is 0 Å². The number of H-pyrrole nitrogens is 1. The Labute approximate surface area is 92.7 Å². The summed E-state index contributed by atoms with van der Waals surface area (Å²) < 4.78 is 1.27. The molecule has 0 aliphatic carbocycles. The van der Waals surface area contributed by atoms with Crippen LogP contribution < -0.4 is 17.0 Å². The number of nitrogen functional groups attached to an aromatic ring is 1. The van der Waals surface area contributed by atoms with E-state index in [1.807, 2.05) is 0 Å². The Balaban J connectivity index is 2.36. The Bertz CT molecular complexity index is 497. The Kier molecular flexibility index (Phi) is 2.82. The average molecular weight is 224 g/mol. The van der Waals surface area contributed by atoms with Gasteiger partial charge in [-0.05, 0) is 25.9 Å². The Morgan fingerprint density at radius 3 is 2.56 bits per heavy atom. The van der Waals surface area contributed by atoms with E-state index in [1.165, 1.54) is 4.57 Å². The van der Waals surface area contributed by atoms with Gasteiger partial charge in [0.25, 0.3) is 5.56 Å². The maximum atomic E-state index is 11.6. The number of anilines is 1. The summed E-state index contributed by atoms with van der Waals surface area (Å²) in [6.45, 7) is 2.50. The van der Waals surface area contributed by atoms with E-state index in [-0.39, 0.29) is 11.4 Å². The molecule has 0 aromatic carbocycles. The predicted molar refractivity (Wildman–Crippen MR) is 61.2 cm³/mol. The first-order valence-corrected chi connectivity index (χ1v) is 5.39. The van der Waals surface area contributed by atoms with Crippen LogP contribution in [0, 0.1) is 0 Å². The largest absolute Gasteiger partial charge is 0.385 e. The lowest BCUT2D eigenvalue weighted by Gasteiger charge is -2.16. The second kappa shape index (κ2) is 4.13. The van der Waals surface area contributed by atoms with Crippen LogP contribution in [-0.2, 0) is 13.6 Å². The average Bonchev–Trinajstić information content (AvgIpc) is 2.74. The van der Waals surface area contributed by atoms with E-state index < -0.39 is 5.69 Å². The van der Waals surface area contributed by atoms with Crippen molar-refractivity contribution in [3.63, 3.8) is 0 Å². The van der Waals surface area contributed by atoms with E-state index in [9.17, 15) is 9.59 Å². The highest BCUT2D eigenvalue weighted by Gasteiger charge is 2.17. The molecular weight excluding hydrogens is 208 g/mol. The van der Waals surface area contributed by atoms with E-state index in [0.717, 1.165) is 25.9 Å². The summed E-state index contributed by atoms with van der Waals surface area (Å²) in [5, 5.41) is 0. The maximum absolute atomic E-state index is 11.6. The van der Waals surface area contributed by atoms with Gasteiger partial charge in [-0.3, -0.25) is 19.2 Å². The molecule has 0 radical (unpaired) electrons. The number of nitrogens with one attached hydrogen (secondary N) is 1. The maximum Gasteiger partial charge on any atom is 0.329 e. The van der Waals surface area contributed by atoms with E-state index in [2.05, 4.69) is 9.88 Å². The normalized spacial score (nSPS) is 16.8. The zero-order valence-electron chi connectivity index (χ0n) is 9.32. The standard InChI is InChI=1S/C10H16N4O2/c1-13-8(11)7(9(15)12-10(13)16)6-14-4-2-3-5-14/h2-6,11H2,1H3,(H,12,15,16). The molecule has 1 aromatic heterocycles. The van der Waals surface area contributed by atoms with Crippen LogP contribution >= 0.6 is 0 Å². The first kappa shape index (κ1) is 10.9. The van der Waals surface area contributed by atoms with Gasteiger partial charge < -0.3 is 5.73 Å². The summed E-state index contributed by atoms with van der Waals surface area (Å²) in [6.07, 6.45) is 2.31. The lowest BCUT2D eigenvalue weighted by atomic mass is 10.3. The summed E-state index contributed by atoms with van der Waals surface area (Å²) in [7, 11) is 1.56. The molecule has 0 bridgehead atoms. The second-order valence-corrected chi connectivity index (χ2v) is 4.17. The highest BCUT2D eigenvalue weighted by Crippen LogP contribution is 2.12. The minimum Gasteiger partial charge on any atom is -0.385 e. The molecule has 1 aliphatic heterocycles. The molecule has 1 aromatic rings. The van der Waals surface area contributed by atoms with Gasteiger partial charge in [0, 0.05) is 13.6 Å². The van der Waals surface area contributed by atoms with Crippen LogP contribution in [0.25, 0.3) is 0 Å². The van der Waals surface area contributed by atoms with Gasteiger partial charge in [-0.1, -0.05) is 0 Å². The van der Waals surface area contributed by atoms with Gasteiger partial charge >= 0.3 is 5.69 Å². The van der Waals surface area contributed by atoms with Crippen molar-refractivity contribution >= 4 is 5.82 Å². The molecule has 1 saturated heterocycles. The molecule has 1 fully saturated rings. The van der Waals surface area contributed by atoms with Gasteiger partial charge in [-0.15, -0.1) is 0 Å². The number of nitrogens with zero attached hydrogens (tertiary/aromatic N) is 2. The topological polar surface area (TPSA) is 84.1 Å². The van der Waals surface area contributed by atoms with Crippen LogP contribution in [0.5, 0.6) is 0 Å². The zero-order chi connectivity index (χ0) is 11.7. The molecule has 2 heterocycles. The fourth-order valence-corrected chi connectivity index (χ4v) is 2.00. The molecular formula is C10H16N4O2. The van der Waals surface area contributed by atoms with Gasteiger partial charge in [-0.25, -0.2) is 4.79 Å². The lowest BCUT2D eigenvalue weighted by molar-refractivity contribution is 0.329. The molecule has 6 heteroatoms. The molecule has 88 valence electrons. The van der Waals surface area contributed by atoms with Gasteiger partial charge in [-0.2, -0.15) is 0 Å². The van der Waals surface area contributed by atoms with Gasteiger partial charge in [0.05, 0.1) is 5.56 Å². The van der Waals surface area contributed by atoms with Crippen LogP contribution in [-0.4, -0.2) is 27.5 Å². The number of hydrogen-bond acceptors (Lipinski definition) is 4. The number of aromatic nitrogens is 2. The van der Waals surface area contributed by atoms with E-state index >= 15 is 0 Å². The van der Waals surface area contributed by atoms with Crippen LogP contribution in [0.2, 0.25) is 0 Å². The summed E-state index contributed by atoms with van der Waals surface area (Å²) in [6, 6.07) is 0. The molecule has 6 nitrogen and oxygen atoms in total. The van der Waals surface area contributed by atoms with Crippen molar-refractivity contribution in [2.45, 2.75) is 19.4 Å². The first-order chi connectivity index (χ1) is 7.59. The van der Waals surface area contributed by atoms with Gasteiger partial charge in [0.2, 0.25) is 0 Å². The van der Waals surface area contributed by atoms with Crippen molar-refractivity contribution in [3.8, 4) is 0 Å². The third kappa shape index (κ3) is 1.88. The first-order valence-electron chi connectivity index (χ1n) is 5.39. The summed E-state index contributed by atoms with van der Waals surface area (Å²) >= 11 is 0. The minimum atomic E-state index is -0.465. The van der Waals surface area contributed by atoms with Gasteiger partial charge in [0.15, 0.2) is 0 Å². The minimum absolute atomic E-state index is 0.264. The highest BCUT2D eigenvalue weighted by molar-refractivity contribution is 5.37. The van der Waals surface area contributed by atoms with Crippen molar-refractivity contribution in [2.75, 3.05) is 18.8 Å². The summed E-state index contributed by atoms with van der Waals surface area (Å²) in [4.78, 5) is 27.3. The number of rotatable bonds is 2. The smallest absolute Gasteiger partial charge is 0.329 e. The lowest BCUT2D eigenvalue weighted by Crippen LogP contribution is -2.35. The van der Waals surface area contributed by atoms with Crippen LogP contribution in [0.4, 0.5) is 5.82 Å². The van der Waals surface area contributed by atoms with Crippen molar-refractivity contribution < 1.29 is 0 Å². The third-order valence-corrected chi connectivity index (χ3v) is 3.05. The number of hydrogen-bond donors (Lipinski definition) is 2. The van der Waals surface area contributed by atoms with E-state index in [4.69, 9.17) is 5.73 Å². The fraction of sp³-hybridized carbons (Fsp3) is 0.600. The Hall–Kier alpha value is -1.56. The molecule has 0 atom stereocenters. The predicted octanol–water partition coefficient (Wildman–Crippen LogP) is -0.748. The van der Waals surface area contributed by atoms with E-state index in [0.29, 0.717) is 12.1 Å². The van der Waals surface area contributed by atoms with Crippen molar-refractivity contribution in [1.82, 2.24) is 14.5 Å². The molecule has 1 aliphatic rings. The van der Waals surface area contributed by atoms with E-state index in [1.54, 1.807) is 7.05 Å². The summed E-state index contributed by atoms with van der Waals surface area (Å²) in [5.41, 5.74) is 5.44. The number of nitrogens with two attached hydrogens (primary N) is 1. The molecule has 0 saturated carbocycles. The van der Waals surface area contributed by atoms with Crippen molar-refractivity contribution in [3.05, 3.63) is 26.4 Å². The van der Waals surface area contributed by atoms with Gasteiger partial charge in [0.1, 0.15) is 5.82 Å². The second-order valence-electron chi connectivity index (χ2n) is 4.17. The molecule has 2 rings (SSSR count). The number of aromatic amines is 1. The molecule has 0 spiro atoms. The number of likely N-dealkylation sites (tertiary alicyclic amines) is 1. The van der Waals surface area contributed by atoms with Crippen molar-refractivity contribution in [2.24, 2.45) is 7.05 Å². The summed E-state index contributed by atoms with van der Waals surface area (Å²) in [5.74, 6) is 0.264.